The third kappa shape index (κ3) is 5.06. The maximum Gasteiger partial charge on any atom is 0.305 e. The Morgan fingerprint density at radius 3 is 2.64 bits per heavy atom. The summed E-state index contributed by atoms with van der Waals surface area (Å²) in [5.74, 6) is -0.255. The number of carboxylic acids is 1. The van der Waals surface area contributed by atoms with Crippen molar-refractivity contribution in [3.63, 3.8) is 0 Å². The lowest BCUT2D eigenvalue weighted by atomic mass is 9.68. The Labute approximate surface area is 171 Å². The highest BCUT2D eigenvalue weighted by atomic mass is 35.5. The lowest BCUT2D eigenvalue weighted by Gasteiger charge is -2.41. The first-order chi connectivity index (χ1) is 13.2. The monoisotopic (exact) mass is 409 g/mol. The van der Waals surface area contributed by atoms with Gasteiger partial charge in [0.25, 0.3) is 0 Å². The zero-order valence-corrected chi connectivity index (χ0v) is 17.6. The normalized spacial score (nSPS) is 19.7. The first kappa shape index (κ1) is 22.2. The smallest absolute Gasteiger partial charge is 0.305 e. The van der Waals surface area contributed by atoms with Crippen LogP contribution in [0.4, 0.5) is 0 Å². The maximum absolute atomic E-state index is 12.7. The Hall–Kier alpha value is -2.05. The lowest BCUT2D eigenvalue weighted by molar-refractivity contribution is -0.138. The number of ether oxygens (including phenoxy) is 2. The van der Waals surface area contributed by atoms with Crippen LogP contribution in [0.1, 0.15) is 39.2 Å². The van der Waals surface area contributed by atoms with Gasteiger partial charge >= 0.3 is 5.97 Å². The first-order valence-corrected chi connectivity index (χ1v) is 9.72. The molecule has 1 N–H and O–H groups in total. The van der Waals surface area contributed by atoms with E-state index < -0.39 is 11.4 Å². The molecule has 0 saturated carbocycles. The molecule has 1 aliphatic rings. The fraction of sp³-hybridized carbons (Fsp3) is 0.524. The molecule has 1 aromatic carbocycles. The number of carbonyl (C=O) groups excluding carboxylic acids is 1. The van der Waals surface area contributed by atoms with Gasteiger partial charge in [0.1, 0.15) is 12.4 Å². The molecule has 0 spiro atoms. The Kier molecular flexibility index (Phi) is 7.49. The van der Waals surface area contributed by atoms with Gasteiger partial charge < -0.3 is 19.5 Å². The van der Waals surface area contributed by atoms with Gasteiger partial charge in [-0.15, -0.1) is 0 Å². The SMILES string of the molecule is COCCOc1ccc([C@]2(C)CC(=O)N(CCC(=O)O)C=C2C(C)C)cc1Cl. The van der Waals surface area contributed by atoms with Gasteiger partial charge in [-0.1, -0.05) is 38.4 Å². The van der Waals surface area contributed by atoms with Crippen LogP contribution in [0.2, 0.25) is 5.02 Å². The molecule has 2 rings (SSSR count). The zero-order valence-electron chi connectivity index (χ0n) is 16.8. The van der Waals surface area contributed by atoms with E-state index in [1.807, 2.05) is 31.3 Å². The molecule has 0 fully saturated rings. The second-order valence-corrected chi connectivity index (χ2v) is 7.87. The molecule has 0 aliphatic carbocycles. The molecule has 1 aromatic rings. The van der Waals surface area contributed by atoms with Crippen LogP contribution in [0.3, 0.4) is 0 Å². The van der Waals surface area contributed by atoms with Gasteiger partial charge in [-0.2, -0.15) is 0 Å². The van der Waals surface area contributed by atoms with Crippen molar-refractivity contribution in [3.8, 4) is 5.75 Å². The molecule has 7 heteroatoms. The molecule has 1 heterocycles. The number of hydrogen-bond acceptors (Lipinski definition) is 4. The number of amides is 1. The fourth-order valence-corrected chi connectivity index (χ4v) is 3.78. The topological polar surface area (TPSA) is 76.1 Å². The van der Waals surface area contributed by atoms with E-state index in [1.165, 1.54) is 4.90 Å². The highest BCUT2D eigenvalue weighted by Gasteiger charge is 2.40. The second-order valence-electron chi connectivity index (χ2n) is 7.47. The first-order valence-electron chi connectivity index (χ1n) is 9.34. The number of aliphatic carboxylic acids is 1. The summed E-state index contributed by atoms with van der Waals surface area (Å²) in [5, 5.41) is 9.41. The van der Waals surface area contributed by atoms with Gasteiger partial charge in [0, 0.05) is 31.7 Å². The van der Waals surface area contributed by atoms with E-state index in [0.717, 1.165) is 11.1 Å². The molecule has 1 amide bonds. The summed E-state index contributed by atoms with van der Waals surface area (Å²) in [5.41, 5.74) is 1.49. The van der Waals surface area contributed by atoms with Crippen LogP contribution in [0.15, 0.2) is 30.0 Å². The Balaban J connectivity index is 2.34. The summed E-state index contributed by atoms with van der Waals surface area (Å²) in [7, 11) is 1.61. The molecule has 154 valence electrons. The van der Waals surface area contributed by atoms with E-state index in [0.29, 0.717) is 24.0 Å². The Bertz CT molecular complexity index is 761. The van der Waals surface area contributed by atoms with Crippen molar-refractivity contribution in [2.45, 2.75) is 39.0 Å². The van der Waals surface area contributed by atoms with Crippen LogP contribution < -0.4 is 4.74 Å². The van der Waals surface area contributed by atoms with Crippen LogP contribution in [0.5, 0.6) is 5.75 Å². The minimum Gasteiger partial charge on any atom is -0.490 e. The van der Waals surface area contributed by atoms with Crippen LogP contribution in [0, 0.1) is 5.92 Å². The van der Waals surface area contributed by atoms with Crippen molar-refractivity contribution in [2.75, 3.05) is 26.9 Å². The largest absolute Gasteiger partial charge is 0.490 e. The van der Waals surface area contributed by atoms with Crippen LogP contribution in [0.25, 0.3) is 0 Å². The number of halogens is 1. The van der Waals surface area contributed by atoms with Crippen molar-refractivity contribution in [1.82, 2.24) is 4.90 Å². The van der Waals surface area contributed by atoms with Gasteiger partial charge in [0.15, 0.2) is 0 Å². The summed E-state index contributed by atoms with van der Waals surface area (Å²) in [4.78, 5) is 25.1. The predicted octanol–water partition coefficient (Wildman–Crippen LogP) is 3.87. The summed E-state index contributed by atoms with van der Waals surface area (Å²) in [6.45, 7) is 7.21. The third-order valence-electron chi connectivity index (χ3n) is 5.06. The van der Waals surface area contributed by atoms with E-state index in [9.17, 15) is 9.59 Å². The highest BCUT2D eigenvalue weighted by Crippen LogP contribution is 2.44. The number of nitrogens with zero attached hydrogens (tertiary/aromatic N) is 1. The fourth-order valence-electron chi connectivity index (χ4n) is 3.54. The summed E-state index contributed by atoms with van der Waals surface area (Å²) >= 11 is 6.42. The van der Waals surface area contributed by atoms with Gasteiger partial charge in [0.05, 0.1) is 18.1 Å². The number of benzene rings is 1. The quantitative estimate of drug-likeness (QED) is 0.626. The van der Waals surface area contributed by atoms with Crippen molar-refractivity contribution in [3.05, 3.63) is 40.6 Å². The van der Waals surface area contributed by atoms with E-state index in [1.54, 1.807) is 7.11 Å². The number of carboxylic acid groups (broad SMARTS) is 1. The summed E-state index contributed by atoms with van der Waals surface area (Å²) in [6.07, 6.45) is 2.00. The van der Waals surface area contributed by atoms with E-state index in [2.05, 4.69) is 13.8 Å². The molecular formula is C21H28ClNO5. The minimum atomic E-state index is -0.920. The van der Waals surface area contributed by atoms with E-state index in [-0.39, 0.29) is 31.2 Å². The predicted molar refractivity (Wildman–Crippen MR) is 108 cm³/mol. The van der Waals surface area contributed by atoms with Gasteiger partial charge in [0.2, 0.25) is 5.91 Å². The van der Waals surface area contributed by atoms with E-state index >= 15 is 0 Å². The number of carbonyl (C=O) groups is 2. The van der Waals surface area contributed by atoms with Gasteiger partial charge in [-0.05, 0) is 29.2 Å². The average molecular weight is 410 g/mol. The molecular weight excluding hydrogens is 382 g/mol. The molecule has 0 aromatic heterocycles. The molecule has 6 nitrogen and oxygen atoms in total. The lowest BCUT2D eigenvalue weighted by Crippen LogP contribution is -2.42. The molecule has 0 saturated heterocycles. The Morgan fingerprint density at radius 1 is 1.36 bits per heavy atom. The average Bonchev–Trinajstić information content (AvgIpc) is 2.62. The van der Waals surface area contributed by atoms with Gasteiger partial charge in [-0.25, -0.2) is 0 Å². The minimum absolute atomic E-state index is 0.0797. The van der Waals surface area contributed by atoms with Crippen molar-refractivity contribution >= 4 is 23.5 Å². The molecule has 0 bridgehead atoms. The van der Waals surface area contributed by atoms with Crippen molar-refractivity contribution < 1.29 is 24.2 Å². The standard InChI is InChI=1S/C21H28ClNO5/c1-14(2)16-13-23(8-7-20(25)26)19(24)12-21(16,3)15-5-6-18(17(22)11-15)28-10-9-27-4/h5-6,11,13-14H,7-10,12H2,1-4H3,(H,25,26)/t21-/m0/s1. The third-order valence-corrected chi connectivity index (χ3v) is 5.36. The van der Waals surface area contributed by atoms with Crippen LogP contribution >= 0.6 is 11.6 Å². The maximum atomic E-state index is 12.7. The highest BCUT2D eigenvalue weighted by molar-refractivity contribution is 6.32. The van der Waals surface area contributed by atoms with Crippen molar-refractivity contribution in [2.24, 2.45) is 5.92 Å². The van der Waals surface area contributed by atoms with E-state index in [4.69, 9.17) is 26.2 Å². The summed E-state index contributed by atoms with van der Waals surface area (Å²) in [6, 6.07) is 5.60. The molecule has 0 radical (unpaired) electrons. The molecule has 1 aliphatic heterocycles. The molecule has 28 heavy (non-hydrogen) atoms. The van der Waals surface area contributed by atoms with Crippen LogP contribution in [-0.4, -0.2) is 48.8 Å². The number of methoxy groups -OCH3 is 1. The number of allylic oxidation sites excluding steroid dienone is 1. The molecule has 1 atom stereocenters. The number of hydrogen-bond donors (Lipinski definition) is 1. The van der Waals surface area contributed by atoms with Crippen molar-refractivity contribution in [1.29, 1.82) is 0 Å². The van der Waals surface area contributed by atoms with Gasteiger partial charge in [-0.3, -0.25) is 9.59 Å². The molecule has 0 unspecified atom stereocenters. The Morgan fingerprint density at radius 2 is 2.07 bits per heavy atom. The number of rotatable bonds is 9. The van der Waals surface area contributed by atoms with Crippen LogP contribution in [-0.2, 0) is 19.7 Å². The second kappa shape index (κ2) is 9.43. The summed E-state index contributed by atoms with van der Waals surface area (Å²) < 4.78 is 10.6. The zero-order chi connectivity index (χ0) is 20.9.